The molecule has 0 saturated carbocycles. The Kier molecular flexibility index (Phi) is 6.29. The smallest absolute Gasteiger partial charge is 0.211 e. The van der Waals surface area contributed by atoms with Gasteiger partial charge in [-0.15, -0.1) is 0 Å². The van der Waals surface area contributed by atoms with E-state index in [9.17, 15) is 17.6 Å². The minimum absolute atomic E-state index is 0.0351. The van der Waals surface area contributed by atoms with Crippen LogP contribution in [0.5, 0.6) is 0 Å². The highest BCUT2D eigenvalue weighted by atomic mass is 32.2. The first-order valence-electron chi connectivity index (χ1n) is 6.75. The zero-order valence-corrected chi connectivity index (χ0v) is 13.3. The minimum Gasteiger partial charge on any atom is -0.384 e. The first-order chi connectivity index (χ1) is 9.77. The van der Waals surface area contributed by atoms with Crippen LogP contribution in [0.4, 0.5) is 10.1 Å². The fraction of sp³-hybridized carbons (Fsp3) is 0.500. The van der Waals surface area contributed by atoms with E-state index in [4.69, 9.17) is 0 Å². The molecule has 0 heterocycles. The predicted octanol–water partition coefficient (Wildman–Crippen LogP) is 2.11. The molecule has 0 aliphatic carbocycles. The lowest BCUT2D eigenvalue weighted by atomic mass is 10.1. The largest absolute Gasteiger partial charge is 0.384 e. The molecule has 0 aromatic heterocycles. The second-order valence-electron chi connectivity index (χ2n) is 4.75. The van der Waals surface area contributed by atoms with Crippen molar-refractivity contribution in [3.8, 4) is 0 Å². The Labute approximate surface area is 125 Å². The van der Waals surface area contributed by atoms with Gasteiger partial charge in [-0.1, -0.05) is 13.0 Å². The summed E-state index contributed by atoms with van der Waals surface area (Å²) < 4.78 is 37.8. The molecule has 7 heteroatoms. The normalized spacial score (nSPS) is 11.7. The lowest BCUT2D eigenvalue weighted by molar-refractivity contribution is 0.101. The summed E-state index contributed by atoms with van der Waals surface area (Å²) in [4.78, 5) is 11.4. The summed E-state index contributed by atoms with van der Waals surface area (Å²) in [5.74, 6) is -0.902. The number of ketones is 1. The molecule has 5 nitrogen and oxygen atoms in total. The summed E-state index contributed by atoms with van der Waals surface area (Å²) in [6.45, 7) is 4.33. The number of carbonyl (C=O) groups is 1. The third-order valence-electron chi connectivity index (χ3n) is 3.09. The van der Waals surface area contributed by atoms with Gasteiger partial charge in [0.2, 0.25) is 10.0 Å². The molecule has 1 N–H and O–H groups in total. The second kappa shape index (κ2) is 7.51. The van der Waals surface area contributed by atoms with Gasteiger partial charge in [0.1, 0.15) is 5.82 Å². The van der Waals surface area contributed by atoms with Crippen LogP contribution in [0.2, 0.25) is 0 Å². The maximum absolute atomic E-state index is 13.6. The molecule has 0 saturated heterocycles. The SMILES string of the molecule is CCN(CCCNc1cccc(F)c1C(C)=O)S(C)(=O)=O. The average Bonchev–Trinajstić information content (AvgIpc) is 2.36. The van der Waals surface area contributed by atoms with Crippen molar-refractivity contribution in [3.05, 3.63) is 29.6 Å². The Morgan fingerprint density at radius 2 is 2.05 bits per heavy atom. The number of carbonyl (C=O) groups excluding carboxylic acids is 1. The molecule has 1 aromatic rings. The van der Waals surface area contributed by atoms with E-state index in [1.807, 2.05) is 0 Å². The van der Waals surface area contributed by atoms with E-state index in [1.165, 1.54) is 29.6 Å². The van der Waals surface area contributed by atoms with Gasteiger partial charge in [0.25, 0.3) is 0 Å². The first kappa shape index (κ1) is 17.6. The number of nitrogens with one attached hydrogen (secondary N) is 1. The molecule has 1 rings (SSSR count). The average molecular weight is 316 g/mol. The van der Waals surface area contributed by atoms with Crippen molar-refractivity contribution < 1.29 is 17.6 Å². The quantitative estimate of drug-likeness (QED) is 0.589. The fourth-order valence-corrected chi connectivity index (χ4v) is 3.00. The summed E-state index contributed by atoms with van der Waals surface area (Å²) in [7, 11) is -3.20. The topological polar surface area (TPSA) is 66.5 Å². The van der Waals surface area contributed by atoms with Crippen LogP contribution in [0.3, 0.4) is 0 Å². The van der Waals surface area contributed by atoms with Crippen LogP contribution in [0.25, 0.3) is 0 Å². The van der Waals surface area contributed by atoms with E-state index in [-0.39, 0.29) is 11.3 Å². The standard InChI is InChI=1S/C14H21FN2O3S/c1-4-17(21(3,19)20)10-6-9-16-13-8-5-7-12(15)14(13)11(2)18/h5,7-8,16H,4,6,9-10H2,1-3H3. The van der Waals surface area contributed by atoms with Crippen molar-refractivity contribution in [2.75, 3.05) is 31.2 Å². The zero-order valence-electron chi connectivity index (χ0n) is 12.5. The number of halogens is 1. The summed E-state index contributed by atoms with van der Waals surface area (Å²) >= 11 is 0. The third kappa shape index (κ3) is 5.09. The molecule has 0 radical (unpaired) electrons. The van der Waals surface area contributed by atoms with Crippen LogP contribution >= 0.6 is 0 Å². The lowest BCUT2D eigenvalue weighted by Crippen LogP contribution is -2.31. The van der Waals surface area contributed by atoms with Crippen molar-refractivity contribution in [3.63, 3.8) is 0 Å². The Morgan fingerprint density at radius 3 is 2.57 bits per heavy atom. The second-order valence-corrected chi connectivity index (χ2v) is 6.74. The number of hydrogen-bond donors (Lipinski definition) is 1. The van der Waals surface area contributed by atoms with Gasteiger partial charge >= 0.3 is 0 Å². The molecule has 0 fully saturated rings. The zero-order chi connectivity index (χ0) is 16.0. The van der Waals surface area contributed by atoms with Crippen molar-refractivity contribution in [2.45, 2.75) is 20.3 Å². The first-order valence-corrected chi connectivity index (χ1v) is 8.60. The van der Waals surface area contributed by atoms with Crippen LogP contribution in [0.15, 0.2) is 18.2 Å². The third-order valence-corrected chi connectivity index (χ3v) is 4.47. The number of benzene rings is 1. The number of nitrogens with zero attached hydrogens (tertiary/aromatic N) is 1. The summed E-state index contributed by atoms with van der Waals surface area (Å²) in [6.07, 6.45) is 1.74. The van der Waals surface area contributed by atoms with Gasteiger partial charge in [-0.2, -0.15) is 0 Å². The van der Waals surface area contributed by atoms with E-state index in [0.29, 0.717) is 31.7 Å². The predicted molar refractivity (Wildman–Crippen MR) is 81.6 cm³/mol. The van der Waals surface area contributed by atoms with E-state index in [1.54, 1.807) is 13.0 Å². The highest BCUT2D eigenvalue weighted by molar-refractivity contribution is 7.88. The molecule has 21 heavy (non-hydrogen) atoms. The molecular weight excluding hydrogens is 295 g/mol. The van der Waals surface area contributed by atoms with Gasteiger partial charge in [-0.05, 0) is 25.5 Å². The van der Waals surface area contributed by atoms with Crippen LogP contribution in [0, 0.1) is 5.82 Å². The molecule has 0 amide bonds. The van der Waals surface area contributed by atoms with Crippen LogP contribution in [-0.4, -0.2) is 44.4 Å². The number of sulfonamides is 1. The van der Waals surface area contributed by atoms with Crippen molar-refractivity contribution in [1.82, 2.24) is 4.31 Å². The summed E-state index contributed by atoms with van der Waals surface area (Å²) in [5.41, 5.74) is 0.470. The fourth-order valence-electron chi connectivity index (χ4n) is 2.07. The Hall–Kier alpha value is -1.47. The highest BCUT2D eigenvalue weighted by Crippen LogP contribution is 2.19. The summed E-state index contributed by atoms with van der Waals surface area (Å²) in [6, 6.07) is 4.40. The van der Waals surface area contributed by atoms with E-state index >= 15 is 0 Å². The highest BCUT2D eigenvalue weighted by Gasteiger charge is 2.14. The maximum atomic E-state index is 13.6. The van der Waals surface area contributed by atoms with Crippen molar-refractivity contribution >= 4 is 21.5 Å². The van der Waals surface area contributed by atoms with Crippen LogP contribution in [0.1, 0.15) is 30.6 Å². The number of hydrogen-bond acceptors (Lipinski definition) is 4. The Bertz CT molecular complexity index is 602. The van der Waals surface area contributed by atoms with E-state index in [0.717, 1.165) is 0 Å². The number of rotatable bonds is 8. The van der Waals surface area contributed by atoms with Crippen molar-refractivity contribution in [1.29, 1.82) is 0 Å². The van der Waals surface area contributed by atoms with Gasteiger partial charge in [0.05, 0.1) is 11.8 Å². The molecule has 0 atom stereocenters. The van der Waals surface area contributed by atoms with Crippen LogP contribution in [-0.2, 0) is 10.0 Å². The molecular formula is C14H21FN2O3S. The molecule has 0 aliphatic rings. The minimum atomic E-state index is -3.20. The van der Waals surface area contributed by atoms with Crippen LogP contribution < -0.4 is 5.32 Å². The monoisotopic (exact) mass is 316 g/mol. The molecule has 0 spiro atoms. The summed E-state index contributed by atoms with van der Waals surface area (Å²) in [5, 5.41) is 2.98. The molecule has 0 unspecified atom stereocenters. The number of Topliss-reactive ketones (excluding diaryl/α,β-unsaturated/α-hetero) is 1. The molecule has 118 valence electrons. The van der Waals surface area contributed by atoms with Crippen molar-refractivity contribution in [2.24, 2.45) is 0 Å². The number of anilines is 1. The molecule has 0 bridgehead atoms. The van der Waals surface area contributed by atoms with Gasteiger partial charge in [0, 0.05) is 25.3 Å². The Morgan fingerprint density at radius 1 is 1.38 bits per heavy atom. The van der Waals surface area contributed by atoms with Gasteiger partial charge < -0.3 is 5.32 Å². The maximum Gasteiger partial charge on any atom is 0.211 e. The molecule has 0 aliphatic heterocycles. The Balaban J connectivity index is 2.62. The molecule has 1 aromatic carbocycles. The van der Waals surface area contributed by atoms with E-state index in [2.05, 4.69) is 5.32 Å². The lowest BCUT2D eigenvalue weighted by Gasteiger charge is -2.18. The van der Waals surface area contributed by atoms with Gasteiger partial charge in [0.15, 0.2) is 5.78 Å². The van der Waals surface area contributed by atoms with E-state index < -0.39 is 15.8 Å². The van der Waals surface area contributed by atoms with Gasteiger partial charge in [-0.3, -0.25) is 4.79 Å². The van der Waals surface area contributed by atoms with Gasteiger partial charge in [-0.25, -0.2) is 17.1 Å².